The van der Waals surface area contributed by atoms with Gasteiger partial charge in [0.2, 0.25) is 0 Å². The molecule has 0 aromatic carbocycles. The van der Waals surface area contributed by atoms with Gasteiger partial charge in [0.25, 0.3) is 5.91 Å². The summed E-state index contributed by atoms with van der Waals surface area (Å²) in [5.41, 5.74) is 1.48. The second-order valence-corrected chi connectivity index (χ2v) is 8.35. The monoisotopic (exact) mass is 360 g/mol. The third-order valence-electron chi connectivity index (χ3n) is 4.28. The van der Waals surface area contributed by atoms with Crippen LogP contribution in [0.2, 0.25) is 0 Å². The fourth-order valence-electron chi connectivity index (χ4n) is 2.77. The molecule has 1 amide bonds. The van der Waals surface area contributed by atoms with Crippen LogP contribution in [0.4, 0.5) is 5.82 Å². The molecule has 0 spiro atoms. The van der Waals surface area contributed by atoms with Gasteiger partial charge in [-0.3, -0.25) is 9.78 Å². The van der Waals surface area contributed by atoms with Crippen molar-refractivity contribution in [2.45, 2.75) is 19.0 Å². The van der Waals surface area contributed by atoms with E-state index in [-0.39, 0.29) is 23.5 Å². The van der Waals surface area contributed by atoms with Crippen LogP contribution in [-0.2, 0) is 16.4 Å². The summed E-state index contributed by atoms with van der Waals surface area (Å²) in [5, 5.41) is 3.17. The maximum absolute atomic E-state index is 12.5. The first-order chi connectivity index (χ1) is 11.9. The first-order valence-electron chi connectivity index (χ1n) is 8.01. The lowest BCUT2D eigenvalue weighted by Crippen LogP contribution is -2.37. The number of nitrogens with zero attached hydrogens (tertiary/aromatic N) is 3. The van der Waals surface area contributed by atoms with E-state index in [1.807, 2.05) is 12.1 Å². The highest BCUT2D eigenvalue weighted by Gasteiger charge is 2.33. The van der Waals surface area contributed by atoms with Crippen molar-refractivity contribution in [3.05, 3.63) is 54.0 Å². The molecule has 0 radical (unpaired) electrons. The van der Waals surface area contributed by atoms with Crippen LogP contribution in [0.15, 0.2) is 42.9 Å². The zero-order chi connectivity index (χ0) is 17.9. The van der Waals surface area contributed by atoms with Gasteiger partial charge in [-0.05, 0) is 30.2 Å². The molecule has 0 saturated carbocycles. The molecule has 3 rings (SSSR count). The van der Waals surface area contributed by atoms with Crippen molar-refractivity contribution in [3.8, 4) is 0 Å². The average Bonchev–Trinajstić information content (AvgIpc) is 3.00. The topological polar surface area (TPSA) is 92.3 Å². The van der Waals surface area contributed by atoms with Gasteiger partial charge in [-0.2, -0.15) is 0 Å². The van der Waals surface area contributed by atoms with E-state index >= 15 is 0 Å². The highest BCUT2D eigenvalue weighted by molar-refractivity contribution is 7.91. The van der Waals surface area contributed by atoms with Gasteiger partial charge in [0, 0.05) is 38.2 Å². The third kappa shape index (κ3) is 4.33. The zero-order valence-corrected chi connectivity index (χ0v) is 14.7. The molecule has 1 N–H and O–H groups in total. The largest absolute Gasteiger partial charge is 0.366 e. The molecule has 2 aromatic rings. The number of carbonyl (C=O) groups is 1. The van der Waals surface area contributed by atoms with E-state index in [4.69, 9.17) is 0 Å². The molecular weight excluding hydrogens is 340 g/mol. The van der Waals surface area contributed by atoms with E-state index in [0.29, 0.717) is 24.3 Å². The van der Waals surface area contributed by atoms with Crippen LogP contribution in [-0.4, -0.2) is 53.8 Å². The Hall–Kier alpha value is -2.48. The molecule has 1 fully saturated rings. The fraction of sp³-hybridized carbons (Fsp3) is 0.353. The molecule has 132 valence electrons. The molecule has 0 bridgehead atoms. The quantitative estimate of drug-likeness (QED) is 0.865. The van der Waals surface area contributed by atoms with Gasteiger partial charge in [-0.15, -0.1) is 0 Å². The van der Waals surface area contributed by atoms with Crippen LogP contribution >= 0.6 is 0 Å². The van der Waals surface area contributed by atoms with Gasteiger partial charge in [0.1, 0.15) is 5.82 Å². The number of aromatic nitrogens is 2. The fourth-order valence-corrected chi connectivity index (χ4v) is 4.54. The van der Waals surface area contributed by atoms with E-state index in [2.05, 4.69) is 15.3 Å². The molecule has 1 saturated heterocycles. The van der Waals surface area contributed by atoms with Crippen LogP contribution in [0.3, 0.4) is 0 Å². The van der Waals surface area contributed by atoms with Gasteiger partial charge in [-0.25, -0.2) is 13.4 Å². The Kier molecular flexibility index (Phi) is 4.98. The molecule has 2 aromatic heterocycles. The number of hydrogen-bond donors (Lipinski definition) is 1. The van der Waals surface area contributed by atoms with Gasteiger partial charge >= 0.3 is 0 Å². The van der Waals surface area contributed by atoms with Crippen molar-refractivity contribution in [1.82, 2.24) is 14.9 Å². The molecule has 1 aliphatic heterocycles. The van der Waals surface area contributed by atoms with Crippen LogP contribution in [0.5, 0.6) is 0 Å². The Morgan fingerprint density at radius 1 is 1.32 bits per heavy atom. The van der Waals surface area contributed by atoms with E-state index < -0.39 is 9.84 Å². The average molecular weight is 360 g/mol. The molecule has 0 aliphatic carbocycles. The summed E-state index contributed by atoms with van der Waals surface area (Å²) in [6, 6.07) is 7.00. The van der Waals surface area contributed by atoms with Gasteiger partial charge in [0.05, 0.1) is 17.1 Å². The highest BCUT2D eigenvalue weighted by atomic mass is 32.2. The first kappa shape index (κ1) is 17.3. The SMILES string of the molecule is CN(C(=O)c1ccc(NCc2cccnc2)nc1)C1CCS(=O)(=O)C1. The Bertz CT molecular complexity index is 838. The van der Waals surface area contributed by atoms with E-state index in [9.17, 15) is 13.2 Å². The van der Waals surface area contributed by atoms with Crippen molar-refractivity contribution < 1.29 is 13.2 Å². The van der Waals surface area contributed by atoms with Gasteiger partial charge in [-0.1, -0.05) is 6.07 Å². The maximum Gasteiger partial charge on any atom is 0.255 e. The van der Waals surface area contributed by atoms with Crippen LogP contribution < -0.4 is 5.32 Å². The summed E-state index contributed by atoms with van der Waals surface area (Å²) < 4.78 is 23.2. The number of amides is 1. The van der Waals surface area contributed by atoms with E-state index in [1.165, 1.54) is 11.1 Å². The lowest BCUT2D eigenvalue weighted by molar-refractivity contribution is 0.0747. The van der Waals surface area contributed by atoms with Crippen molar-refractivity contribution in [1.29, 1.82) is 0 Å². The van der Waals surface area contributed by atoms with Crippen molar-refractivity contribution in [2.75, 3.05) is 23.9 Å². The number of pyridine rings is 2. The van der Waals surface area contributed by atoms with Crippen molar-refractivity contribution in [2.24, 2.45) is 0 Å². The first-order valence-corrected chi connectivity index (χ1v) is 9.83. The Morgan fingerprint density at radius 2 is 2.16 bits per heavy atom. The van der Waals surface area contributed by atoms with Crippen LogP contribution in [0.1, 0.15) is 22.3 Å². The molecule has 8 heteroatoms. The van der Waals surface area contributed by atoms with Crippen molar-refractivity contribution in [3.63, 3.8) is 0 Å². The summed E-state index contributed by atoms with van der Waals surface area (Å²) in [7, 11) is -1.38. The Balaban J connectivity index is 1.60. The van der Waals surface area contributed by atoms with Crippen molar-refractivity contribution >= 4 is 21.6 Å². The summed E-state index contributed by atoms with van der Waals surface area (Å²) in [6.45, 7) is 0.591. The molecule has 25 heavy (non-hydrogen) atoms. The van der Waals surface area contributed by atoms with Gasteiger partial charge in [0.15, 0.2) is 9.84 Å². The number of nitrogens with one attached hydrogen (secondary N) is 1. The number of anilines is 1. The minimum atomic E-state index is -3.02. The second-order valence-electron chi connectivity index (χ2n) is 6.12. The molecule has 3 heterocycles. The summed E-state index contributed by atoms with van der Waals surface area (Å²) >= 11 is 0. The van der Waals surface area contributed by atoms with E-state index in [1.54, 1.807) is 31.6 Å². The Labute approximate surface area is 147 Å². The number of carbonyl (C=O) groups excluding carboxylic acids is 1. The van der Waals surface area contributed by atoms with Crippen LogP contribution in [0.25, 0.3) is 0 Å². The lowest BCUT2D eigenvalue weighted by Gasteiger charge is -2.23. The van der Waals surface area contributed by atoms with Crippen LogP contribution in [0, 0.1) is 0 Å². The second kappa shape index (κ2) is 7.18. The summed E-state index contributed by atoms with van der Waals surface area (Å²) in [5.74, 6) is 0.623. The number of hydrogen-bond acceptors (Lipinski definition) is 6. The Morgan fingerprint density at radius 3 is 2.76 bits per heavy atom. The summed E-state index contributed by atoms with van der Waals surface area (Å²) in [6.07, 6.45) is 5.49. The minimum Gasteiger partial charge on any atom is -0.366 e. The predicted molar refractivity (Wildman–Crippen MR) is 95.0 cm³/mol. The number of rotatable bonds is 5. The highest BCUT2D eigenvalue weighted by Crippen LogP contribution is 2.18. The summed E-state index contributed by atoms with van der Waals surface area (Å²) in [4.78, 5) is 22.3. The lowest BCUT2D eigenvalue weighted by atomic mass is 10.2. The smallest absolute Gasteiger partial charge is 0.255 e. The number of sulfone groups is 1. The predicted octanol–water partition coefficient (Wildman–Crippen LogP) is 1.35. The normalized spacial score (nSPS) is 18.7. The maximum atomic E-state index is 12.5. The molecule has 7 nitrogen and oxygen atoms in total. The third-order valence-corrected chi connectivity index (χ3v) is 6.03. The molecule has 1 aliphatic rings. The minimum absolute atomic E-state index is 0.0351. The standard InChI is InChI=1S/C17H20N4O3S/c1-21(15-6-8-25(23,24)12-15)17(22)14-4-5-16(20-11-14)19-10-13-3-2-7-18-9-13/h2-5,7,9,11,15H,6,8,10,12H2,1H3,(H,19,20). The van der Waals surface area contributed by atoms with E-state index in [0.717, 1.165) is 5.56 Å². The van der Waals surface area contributed by atoms with Gasteiger partial charge < -0.3 is 10.2 Å². The molecular formula is C17H20N4O3S. The molecule has 1 atom stereocenters. The zero-order valence-electron chi connectivity index (χ0n) is 13.9. The molecule has 1 unspecified atom stereocenters.